The second-order valence-corrected chi connectivity index (χ2v) is 7.85. The summed E-state index contributed by atoms with van der Waals surface area (Å²) < 4.78 is 13.2. The molecule has 0 saturated heterocycles. The van der Waals surface area contributed by atoms with E-state index in [-0.39, 0.29) is 5.56 Å². The molecule has 0 aliphatic heterocycles. The molecule has 0 aliphatic rings. The molecule has 34 heavy (non-hydrogen) atoms. The first kappa shape index (κ1) is 21.4. The van der Waals surface area contributed by atoms with Crippen molar-refractivity contribution in [3.8, 4) is 22.8 Å². The number of ether oxygens (including phenoxy) is 2. The van der Waals surface area contributed by atoms with Crippen LogP contribution in [0.1, 0.15) is 11.3 Å². The molecule has 0 unspecified atom stereocenters. The van der Waals surface area contributed by atoms with Crippen molar-refractivity contribution in [3.63, 3.8) is 0 Å². The molecule has 3 heterocycles. The Kier molecular flexibility index (Phi) is 6.03. The van der Waals surface area contributed by atoms with Crippen molar-refractivity contribution in [2.45, 2.75) is 13.2 Å². The molecular formula is C28H23N3O3. The van der Waals surface area contributed by atoms with Crippen molar-refractivity contribution in [2.75, 3.05) is 7.11 Å². The van der Waals surface area contributed by atoms with Crippen LogP contribution in [0.3, 0.4) is 0 Å². The number of hydrogen-bond acceptors (Lipinski definition) is 5. The molecule has 0 saturated carbocycles. The van der Waals surface area contributed by atoms with Crippen LogP contribution < -0.4 is 15.0 Å². The summed E-state index contributed by atoms with van der Waals surface area (Å²) in [7, 11) is 1.62. The normalized spacial score (nSPS) is 10.9. The van der Waals surface area contributed by atoms with Crippen LogP contribution in [0.2, 0.25) is 0 Å². The molecule has 6 heteroatoms. The Balaban J connectivity index is 1.46. The van der Waals surface area contributed by atoms with E-state index in [1.165, 1.54) is 0 Å². The maximum atomic E-state index is 12.7. The molecule has 0 fully saturated rings. The maximum absolute atomic E-state index is 12.7. The van der Waals surface area contributed by atoms with Crippen molar-refractivity contribution in [3.05, 3.63) is 119 Å². The van der Waals surface area contributed by atoms with E-state index in [1.807, 2.05) is 78.9 Å². The molecule has 0 N–H and O–H groups in total. The summed E-state index contributed by atoms with van der Waals surface area (Å²) in [6.07, 6.45) is 3.50. The SMILES string of the molecule is COc1cc2c(ccc(=O)n2Cc2ccccn2)cc1-c1ccc(OCc2ccccc2)nc1. The maximum Gasteiger partial charge on any atom is 0.251 e. The minimum absolute atomic E-state index is 0.0884. The third-order valence-electron chi connectivity index (χ3n) is 5.63. The number of nitrogens with zero attached hydrogens (tertiary/aromatic N) is 3. The minimum Gasteiger partial charge on any atom is -0.496 e. The first-order chi connectivity index (χ1) is 16.7. The van der Waals surface area contributed by atoms with Gasteiger partial charge in [0.2, 0.25) is 5.88 Å². The highest BCUT2D eigenvalue weighted by molar-refractivity contribution is 5.88. The van der Waals surface area contributed by atoms with Crippen molar-refractivity contribution in [1.29, 1.82) is 0 Å². The monoisotopic (exact) mass is 449 g/mol. The number of pyridine rings is 3. The Labute approximate surface area is 197 Å². The Morgan fingerprint density at radius 1 is 0.882 bits per heavy atom. The molecule has 0 radical (unpaired) electrons. The molecule has 6 nitrogen and oxygen atoms in total. The fourth-order valence-corrected chi connectivity index (χ4v) is 3.89. The van der Waals surface area contributed by atoms with Gasteiger partial charge in [-0.1, -0.05) is 36.4 Å². The molecule has 168 valence electrons. The fraction of sp³-hybridized carbons (Fsp3) is 0.107. The Hall–Kier alpha value is -4.45. The van der Waals surface area contributed by atoms with Crippen LogP contribution >= 0.6 is 0 Å². The summed E-state index contributed by atoms with van der Waals surface area (Å²) in [6, 6.07) is 26.8. The number of hydrogen-bond donors (Lipinski definition) is 0. The molecule has 0 bridgehead atoms. The van der Waals surface area contributed by atoms with E-state index in [0.717, 1.165) is 33.3 Å². The van der Waals surface area contributed by atoms with Gasteiger partial charge in [-0.05, 0) is 41.3 Å². The van der Waals surface area contributed by atoms with E-state index in [9.17, 15) is 4.79 Å². The van der Waals surface area contributed by atoms with Crippen LogP contribution in [0.4, 0.5) is 0 Å². The molecule has 3 aromatic heterocycles. The van der Waals surface area contributed by atoms with E-state index in [0.29, 0.717) is 24.8 Å². The van der Waals surface area contributed by atoms with Gasteiger partial charge in [-0.3, -0.25) is 9.78 Å². The highest BCUT2D eigenvalue weighted by atomic mass is 16.5. The lowest BCUT2D eigenvalue weighted by Crippen LogP contribution is -2.20. The van der Waals surface area contributed by atoms with E-state index in [4.69, 9.17) is 9.47 Å². The molecule has 0 amide bonds. The molecule has 0 spiro atoms. The van der Waals surface area contributed by atoms with E-state index in [2.05, 4.69) is 9.97 Å². The largest absolute Gasteiger partial charge is 0.496 e. The van der Waals surface area contributed by atoms with Crippen LogP contribution in [0, 0.1) is 0 Å². The van der Waals surface area contributed by atoms with Gasteiger partial charge in [0, 0.05) is 41.7 Å². The van der Waals surface area contributed by atoms with Crippen LogP contribution in [0.25, 0.3) is 22.0 Å². The van der Waals surface area contributed by atoms with Crippen LogP contribution in [-0.4, -0.2) is 21.6 Å². The minimum atomic E-state index is -0.0884. The summed E-state index contributed by atoms with van der Waals surface area (Å²) in [5, 5.41) is 0.927. The third kappa shape index (κ3) is 4.52. The number of rotatable bonds is 7. The first-order valence-electron chi connectivity index (χ1n) is 11.0. The quantitative estimate of drug-likeness (QED) is 0.346. The van der Waals surface area contributed by atoms with Gasteiger partial charge in [-0.2, -0.15) is 0 Å². The van der Waals surface area contributed by atoms with Crippen LogP contribution in [0.15, 0.2) is 102 Å². The number of benzene rings is 2. The highest BCUT2D eigenvalue weighted by Gasteiger charge is 2.13. The van der Waals surface area contributed by atoms with Crippen molar-refractivity contribution < 1.29 is 9.47 Å². The molecular weight excluding hydrogens is 426 g/mol. The highest BCUT2D eigenvalue weighted by Crippen LogP contribution is 2.34. The summed E-state index contributed by atoms with van der Waals surface area (Å²) in [5.41, 5.74) is 4.38. The topological polar surface area (TPSA) is 66.2 Å². The summed E-state index contributed by atoms with van der Waals surface area (Å²) in [4.78, 5) is 21.5. The summed E-state index contributed by atoms with van der Waals surface area (Å²) >= 11 is 0. The predicted octanol–water partition coefficient (Wildman–Crippen LogP) is 5.09. The van der Waals surface area contributed by atoms with Crippen LogP contribution in [-0.2, 0) is 13.2 Å². The second-order valence-electron chi connectivity index (χ2n) is 7.85. The lowest BCUT2D eigenvalue weighted by molar-refractivity contribution is 0.294. The number of methoxy groups -OCH3 is 1. The van der Waals surface area contributed by atoms with Gasteiger partial charge in [0.25, 0.3) is 5.56 Å². The summed E-state index contributed by atoms with van der Waals surface area (Å²) in [6.45, 7) is 0.842. The average Bonchev–Trinajstić information content (AvgIpc) is 2.90. The van der Waals surface area contributed by atoms with Crippen LogP contribution in [0.5, 0.6) is 11.6 Å². The lowest BCUT2D eigenvalue weighted by Gasteiger charge is -2.15. The summed E-state index contributed by atoms with van der Waals surface area (Å²) in [5.74, 6) is 1.21. The second kappa shape index (κ2) is 9.58. The number of aromatic nitrogens is 3. The van der Waals surface area contributed by atoms with Crippen molar-refractivity contribution in [2.24, 2.45) is 0 Å². The van der Waals surface area contributed by atoms with Crippen molar-refractivity contribution >= 4 is 10.9 Å². The van der Waals surface area contributed by atoms with Gasteiger partial charge < -0.3 is 14.0 Å². The fourth-order valence-electron chi connectivity index (χ4n) is 3.89. The Morgan fingerprint density at radius 2 is 1.74 bits per heavy atom. The Bertz CT molecular complexity index is 1460. The number of fused-ring (bicyclic) bond motifs is 1. The smallest absolute Gasteiger partial charge is 0.251 e. The zero-order valence-electron chi connectivity index (χ0n) is 18.7. The van der Waals surface area contributed by atoms with E-state index < -0.39 is 0 Å². The van der Waals surface area contributed by atoms with Gasteiger partial charge in [0.1, 0.15) is 12.4 Å². The molecule has 0 aliphatic carbocycles. The van der Waals surface area contributed by atoms with E-state index >= 15 is 0 Å². The van der Waals surface area contributed by atoms with Gasteiger partial charge in [-0.25, -0.2) is 4.98 Å². The van der Waals surface area contributed by atoms with Gasteiger partial charge in [0.05, 0.1) is 24.9 Å². The third-order valence-corrected chi connectivity index (χ3v) is 5.63. The van der Waals surface area contributed by atoms with Gasteiger partial charge in [-0.15, -0.1) is 0 Å². The average molecular weight is 450 g/mol. The predicted molar refractivity (Wildman–Crippen MR) is 132 cm³/mol. The van der Waals surface area contributed by atoms with Gasteiger partial charge in [0.15, 0.2) is 0 Å². The molecule has 0 atom stereocenters. The van der Waals surface area contributed by atoms with Gasteiger partial charge >= 0.3 is 0 Å². The standard InChI is InChI=1S/C28H23N3O3/c1-33-26-16-25-21(11-13-28(32)31(25)18-23-9-5-6-14-29-23)15-24(26)22-10-12-27(30-17-22)34-19-20-7-3-2-4-8-20/h2-17H,18-19H2,1H3. The van der Waals surface area contributed by atoms with E-state index in [1.54, 1.807) is 30.1 Å². The zero-order valence-corrected chi connectivity index (χ0v) is 18.7. The van der Waals surface area contributed by atoms with Crippen molar-refractivity contribution in [1.82, 2.24) is 14.5 Å². The Morgan fingerprint density at radius 3 is 2.47 bits per heavy atom. The molecule has 5 rings (SSSR count). The first-order valence-corrected chi connectivity index (χ1v) is 11.0. The molecule has 5 aromatic rings. The lowest BCUT2D eigenvalue weighted by atomic mass is 10.0. The zero-order chi connectivity index (χ0) is 23.3. The molecule has 2 aromatic carbocycles.